The molecule has 31 heavy (non-hydrogen) atoms. The van der Waals surface area contributed by atoms with Crippen molar-refractivity contribution in [3.05, 3.63) is 47.4 Å². The average Bonchev–Trinajstić information content (AvgIpc) is 3.44. The number of amides is 1. The Morgan fingerprint density at radius 3 is 2.71 bits per heavy atom. The van der Waals surface area contributed by atoms with Crippen molar-refractivity contribution in [1.29, 1.82) is 0 Å². The molecule has 3 unspecified atom stereocenters. The number of ketones is 1. The summed E-state index contributed by atoms with van der Waals surface area (Å²) in [5, 5.41) is 9.59. The molecule has 8 heteroatoms. The first-order valence-corrected chi connectivity index (χ1v) is 10.6. The zero-order chi connectivity index (χ0) is 21.5. The molecular formula is C23H23FN2O5. The summed E-state index contributed by atoms with van der Waals surface area (Å²) >= 11 is 0. The number of halogens is 1. The van der Waals surface area contributed by atoms with E-state index in [9.17, 15) is 19.1 Å². The molecule has 2 aromatic rings. The number of nitrogens with zero attached hydrogens (tertiary/aromatic N) is 2. The highest BCUT2D eigenvalue weighted by molar-refractivity contribution is 6.04. The van der Waals surface area contributed by atoms with Crippen LogP contribution in [-0.4, -0.2) is 46.6 Å². The molecule has 2 fully saturated rings. The summed E-state index contributed by atoms with van der Waals surface area (Å²) in [6.45, 7) is 0.383. The van der Waals surface area contributed by atoms with E-state index in [2.05, 4.69) is 4.98 Å². The number of aromatic nitrogens is 1. The van der Waals surface area contributed by atoms with Crippen LogP contribution in [0.5, 0.6) is 11.6 Å². The molecular weight excluding hydrogens is 403 g/mol. The zero-order valence-corrected chi connectivity index (χ0v) is 16.9. The van der Waals surface area contributed by atoms with E-state index >= 15 is 0 Å². The van der Waals surface area contributed by atoms with E-state index in [1.165, 1.54) is 17.2 Å². The predicted molar refractivity (Wildman–Crippen MR) is 109 cm³/mol. The standard InChI is InChI=1S/C23H23FN2O5/c24-19-10-13(9-18-17(19)4-5-20(18)28)26-8-7-21(23(26)29)30-16-3-6-22(25-12-16)31-15-2-1-14(27)11-15/h3,6,9-10,12,14-15,21,27H,1-2,4-5,7-8,11H2. The van der Waals surface area contributed by atoms with Gasteiger partial charge in [0.1, 0.15) is 17.7 Å². The SMILES string of the molecule is O=C1CCc2c(F)cc(N3CCC(Oc4ccc(OC5CCC(O)C5)nc4)C3=O)cc21. The van der Waals surface area contributed by atoms with E-state index in [0.717, 1.165) is 12.8 Å². The second-order valence-electron chi connectivity index (χ2n) is 8.30. The van der Waals surface area contributed by atoms with Gasteiger partial charge in [-0.1, -0.05) is 0 Å². The Labute approximate surface area is 178 Å². The summed E-state index contributed by atoms with van der Waals surface area (Å²) in [4.78, 5) is 30.6. The van der Waals surface area contributed by atoms with E-state index in [1.807, 2.05) is 0 Å². The smallest absolute Gasteiger partial charge is 0.268 e. The zero-order valence-electron chi connectivity index (χ0n) is 16.9. The summed E-state index contributed by atoms with van der Waals surface area (Å²) in [7, 11) is 0. The van der Waals surface area contributed by atoms with Gasteiger partial charge in [0.25, 0.3) is 5.91 Å². The third-order valence-corrected chi connectivity index (χ3v) is 6.18. The maximum Gasteiger partial charge on any atom is 0.268 e. The molecule has 3 aliphatic rings. The Kier molecular flexibility index (Phi) is 5.09. The number of hydrogen-bond acceptors (Lipinski definition) is 6. The summed E-state index contributed by atoms with van der Waals surface area (Å²) in [5.41, 5.74) is 1.21. The molecule has 1 aliphatic heterocycles. The van der Waals surface area contributed by atoms with E-state index in [-0.39, 0.29) is 23.9 Å². The first-order valence-electron chi connectivity index (χ1n) is 10.6. The van der Waals surface area contributed by atoms with Crippen LogP contribution in [0.25, 0.3) is 0 Å². The van der Waals surface area contributed by atoms with Crippen LogP contribution in [0.1, 0.15) is 48.0 Å². The van der Waals surface area contributed by atoms with E-state index in [1.54, 1.807) is 18.2 Å². The lowest BCUT2D eigenvalue weighted by Crippen LogP contribution is -2.32. The van der Waals surface area contributed by atoms with Gasteiger partial charge in [0.15, 0.2) is 11.9 Å². The van der Waals surface area contributed by atoms with Crippen molar-refractivity contribution in [2.45, 2.75) is 56.8 Å². The maximum atomic E-state index is 14.4. The molecule has 7 nitrogen and oxygen atoms in total. The topological polar surface area (TPSA) is 89.0 Å². The van der Waals surface area contributed by atoms with Gasteiger partial charge in [-0.05, 0) is 43.0 Å². The van der Waals surface area contributed by atoms with Gasteiger partial charge < -0.3 is 19.5 Å². The van der Waals surface area contributed by atoms with Gasteiger partial charge in [0.05, 0.1) is 12.3 Å². The molecule has 0 bridgehead atoms. The summed E-state index contributed by atoms with van der Waals surface area (Å²) in [6.07, 6.45) is 3.73. The molecule has 3 atom stereocenters. The first kappa shape index (κ1) is 19.9. The molecule has 2 heterocycles. The van der Waals surface area contributed by atoms with Crippen molar-refractivity contribution < 1.29 is 28.6 Å². The number of rotatable bonds is 5. The Morgan fingerprint density at radius 2 is 1.97 bits per heavy atom. The van der Waals surface area contributed by atoms with E-state index in [0.29, 0.717) is 60.7 Å². The Bertz CT molecular complexity index is 1030. The third-order valence-electron chi connectivity index (χ3n) is 6.18. The molecule has 0 spiro atoms. The van der Waals surface area contributed by atoms with Crippen molar-refractivity contribution in [3.8, 4) is 11.6 Å². The molecule has 1 N–H and O–H groups in total. The summed E-state index contributed by atoms with van der Waals surface area (Å²) < 4.78 is 26.0. The Balaban J connectivity index is 1.24. The number of benzene rings is 1. The fraction of sp³-hybridized carbons (Fsp3) is 0.435. The monoisotopic (exact) mass is 426 g/mol. The molecule has 5 rings (SSSR count). The lowest BCUT2D eigenvalue weighted by molar-refractivity contribution is -0.122. The number of hydrogen-bond donors (Lipinski definition) is 1. The number of aliphatic hydroxyl groups excluding tert-OH is 1. The molecule has 0 radical (unpaired) electrons. The molecule has 162 valence electrons. The largest absolute Gasteiger partial charge is 0.479 e. The van der Waals surface area contributed by atoms with Crippen molar-refractivity contribution in [3.63, 3.8) is 0 Å². The number of aliphatic hydroxyl groups is 1. The number of anilines is 1. The number of ether oxygens (including phenoxy) is 2. The van der Waals surface area contributed by atoms with Gasteiger partial charge in [0.2, 0.25) is 5.88 Å². The lowest BCUT2D eigenvalue weighted by Gasteiger charge is -2.18. The van der Waals surface area contributed by atoms with Crippen LogP contribution in [-0.2, 0) is 11.2 Å². The van der Waals surface area contributed by atoms with Crippen LogP contribution < -0.4 is 14.4 Å². The summed E-state index contributed by atoms with van der Waals surface area (Å²) in [6, 6.07) is 6.31. The molecule has 1 amide bonds. The van der Waals surface area contributed by atoms with Crippen LogP contribution in [0.2, 0.25) is 0 Å². The number of carbonyl (C=O) groups is 2. The van der Waals surface area contributed by atoms with Gasteiger partial charge in [-0.3, -0.25) is 9.59 Å². The van der Waals surface area contributed by atoms with Crippen molar-refractivity contribution in [2.75, 3.05) is 11.4 Å². The van der Waals surface area contributed by atoms with Crippen molar-refractivity contribution in [1.82, 2.24) is 4.98 Å². The highest BCUT2D eigenvalue weighted by atomic mass is 19.1. The second-order valence-corrected chi connectivity index (χ2v) is 8.30. The van der Waals surface area contributed by atoms with Crippen molar-refractivity contribution >= 4 is 17.4 Å². The minimum Gasteiger partial charge on any atom is -0.479 e. The van der Waals surface area contributed by atoms with Crippen LogP contribution in [0.3, 0.4) is 0 Å². The Morgan fingerprint density at radius 1 is 1.10 bits per heavy atom. The van der Waals surface area contributed by atoms with Crippen molar-refractivity contribution in [2.24, 2.45) is 0 Å². The average molecular weight is 426 g/mol. The second kappa shape index (κ2) is 7.92. The highest BCUT2D eigenvalue weighted by Crippen LogP contribution is 2.32. The maximum absolute atomic E-state index is 14.4. The summed E-state index contributed by atoms with van der Waals surface area (Å²) in [5.74, 6) is 0.0873. The minimum absolute atomic E-state index is 0.0427. The Hall–Kier alpha value is -3.00. The molecule has 2 aliphatic carbocycles. The van der Waals surface area contributed by atoms with E-state index in [4.69, 9.17) is 9.47 Å². The molecule has 1 saturated heterocycles. The van der Waals surface area contributed by atoms with Crippen LogP contribution in [0, 0.1) is 5.82 Å². The van der Waals surface area contributed by atoms with Gasteiger partial charge >= 0.3 is 0 Å². The fourth-order valence-corrected chi connectivity index (χ4v) is 4.54. The molecule has 1 aromatic heterocycles. The number of Topliss-reactive ketones (excluding diaryl/α,β-unsaturated/α-hetero) is 1. The van der Waals surface area contributed by atoms with Gasteiger partial charge in [-0.25, -0.2) is 9.37 Å². The molecule has 1 saturated carbocycles. The van der Waals surface area contributed by atoms with Gasteiger partial charge in [-0.2, -0.15) is 0 Å². The normalized spacial score (nSPS) is 25.2. The van der Waals surface area contributed by atoms with Crippen LogP contribution >= 0.6 is 0 Å². The predicted octanol–water partition coefficient (Wildman–Crippen LogP) is 2.83. The van der Waals surface area contributed by atoms with Crippen LogP contribution in [0.4, 0.5) is 10.1 Å². The lowest BCUT2D eigenvalue weighted by atomic mass is 10.1. The highest BCUT2D eigenvalue weighted by Gasteiger charge is 2.36. The number of pyridine rings is 1. The van der Waals surface area contributed by atoms with Crippen LogP contribution in [0.15, 0.2) is 30.5 Å². The van der Waals surface area contributed by atoms with E-state index < -0.39 is 11.9 Å². The fourth-order valence-electron chi connectivity index (χ4n) is 4.54. The quantitative estimate of drug-likeness (QED) is 0.791. The minimum atomic E-state index is -0.703. The third kappa shape index (κ3) is 3.87. The molecule has 1 aromatic carbocycles. The van der Waals surface area contributed by atoms with Gasteiger partial charge in [0, 0.05) is 43.1 Å². The number of fused-ring (bicyclic) bond motifs is 1. The van der Waals surface area contributed by atoms with Gasteiger partial charge in [-0.15, -0.1) is 0 Å². The first-order chi connectivity index (χ1) is 15.0. The number of carbonyl (C=O) groups excluding carboxylic acids is 2.